The van der Waals surface area contributed by atoms with Crippen LogP contribution in [0, 0.1) is 13.8 Å². The Morgan fingerprint density at radius 2 is 1.80 bits per heavy atom. The molecule has 0 radical (unpaired) electrons. The lowest BCUT2D eigenvalue weighted by Crippen LogP contribution is -2.31. The normalized spacial score (nSPS) is 14.0. The second-order valence-corrected chi connectivity index (χ2v) is 7.99. The van der Waals surface area contributed by atoms with Gasteiger partial charge >= 0.3 is 0 Å². The average Bonchev–Trinajstić information content (AvgIpc) is 3.33. The van der Waals surface area contributed by atoms with E-state index < -0.39 is 0 Å². The smallest absolute Gasteiger partial charge is 0.272 e. The molecule has 0 unspecified atom stereocenters. The number of anilines is 1. The molecule has 0 spiro atoms. The van der Waals surface area contributed by atoms with Crippen LogP contribution in [-0.4, -0.2) is 18.9 Å². The second-order valence-electron chi connectivity index (χ2n) is 7.01. The number of amides is 2. The van der Waals surface area contributed by atoms with Crippen LogP contribution in [0.3, 0.4) is 0 Å². The maximum atomic E-state index is 13.5. The number of benzene rings is 2. The van der Waals surface area contributed by atoms with Crippen molar-refractivity contribution in [1.82, 2.24) is 0 Å². The summed E-state index contributed by atoms with van der Waals surface area (Å²) in [6, 6.07) is 16.6. The van der Waals surface area contributed by atoms with Crippen molar-refractivity contribution in [3.8, 4) is 5.75 Å². The number of carbonyl (C=O) groups is 2. The summed E-state index contributed by atoms with van der Waals surface area (Å²) in [5.41, 5.74) is 3.66. The van der Waals surface area contributed by atoms with Crippen molar-refractivity contribution in [1.29, 1.82) is 0 Å². The molecule has 0 atom stereocenters. The molecule has 0 N–H and O–H groups in total. The number of rotatable bonds is 6. The van der Waals surface area contributed by atoms with E-state index in [-0.39, 0.29) is 11.8 Å². The zero-order valence-electron chi connectivity index (χ0n) is 17.0. The molecule has 1 aliphatic heterocycles. The van der Waals surface area contributed by atoms with Crippen LogP contribution in [0.25, 0.3) is 5.57 Å². The first-order valence-corrected chi connectivity index (χ1v) is 10.5. The molecule has 3 aromatic rings. The third-order valence-corrected chi connectivity index (χ3v) is 6.05. The van der Waals surface area contributed by atoms with E-state index >= 15 is 0 Å². The summed E-state index contributed by atoms with van der Waals surface area (Å²) in [6.07, 6.45) is 1.60. The zero-order valence-corrected chi connectivity index (χ0v) is 17.8. The van der Waals surface area contributed by atoms with Gasteiger partial charge in [-0.05, 0) is 49.2 Å². The van der Waals surface area contributed by atoms with E-state index in [1.807, 2.05) is 38.1 Å². The van der Waals surface area contributed by atoms with Gasteiger partial charge in [0.2, 0.25) is 0 Å². The molecule has 1 aliphatic rings. The van der Waals surface area contributed by atoms with Crippen LogP contribution in [0.15, 0.2) is 70.2 Å². The maximum Gasteiger partial charge on any atom is 0.272 e. The quantitative estimate of drug-likeness (QED) is 0.519. The van der Waals surface area contributed by atoms with Crippen LogP contribution in [0.1, 0.15) is 22.5 Å². The third-order valence-electron chi connectivity index (χ3n) is 4.96. The SMILES string of the molecule is COc1ccccc1N1C(=O)C(SCc2ccco2)=C(c2ccc(C)cc2C)C1=O. The van der Waals surface area contributed by atoms with Gasteiger partial charge in [0.25, 0.3) is 11.8 Å². The minimum atomic E-state index is -0.351. The van der Waals surface area contributed by atoms with Crippen molar-refractivity contribution >= 4 is 34.8 Å². The van der Waals surface area contributed by atoms with Gasteiger partial charge < -0.3 is 9.15 Å². The zero-order chi connectivity index (χ0) is 21.3. The fourth-order valence-electron chi connectivity index (χ4n) is 3.55. The van der Waals surface area contributed by atoms with Gasteiger partial charge in [0.15, 0.2) is 0 Å². The van der Waals surface area contributed by atoms with Crippen LogP contribution >= 0.6 is 11.8 Å². The summed E-state index contributed by atoms with van der Waals surface area (Å²) >= 11 is 1.31. The molecule has 2 aromatic carbocycles. The molecule has 6 heteroatoms. The summed E-state index contributed by atoms with van der Waals surface area (Å²) in [4.78, 5) is 28.6. The number of nitrogens with zero attached hydrogens (tertiary/aromatic N) is 1. The van der Waals surface area contributed by atoms with Gasteiger partial charge in [0.05, 0.1) is 35.3 Å². The Morgan fingerprint density at radius 3 is 2.50 bits per heavy atom. The summed E-state index contributed by atoms with van der Waals surface area (Å²) in [5, 5.41) is 0. The molecule has 0 bridgehead atoms. The largest absolute Gasteiger partial charge is 0.495 e. The highest BCUT2D eigenvalue weighted by Gasteiger charge is 2.41. The van der Waals surface area contributed by atoms with Crippen molar-refractivity contribution in [2.24, 2.45) is 0 Å². The summed E-state index contributed by atoms with van der Waals surface area (Å²) in [6.45, 7) is 3.95. The molecule has 2 amide bonds. The molecular formula is C24H21NO4S. The number of hydrogen-bond donors (Lipinski definition) is 0. The number of para-hydroxylation sites is 2. The molecule has 0 saturated carbocycles. The fourth-order valence-corrected chi connectivity index (χ4v) is 4.55. The standard InChI is InChI=1S/C24H21NO4S/c1-15-10-11-18(16(2)13-15)21-22(30-14-17-7-6-12-29-17)24(27)25(23(21)26)19-8-4-5-9-20(19)28-3/h4-13H,14H2,1-3H3. The van der Waals surface area contributed by atoms with Crippen molar-refractivity contribution < 1.29 is 18.7 Å². The second kappa shape index (κ2) is 8.24. The van der Waals surface area contributed by atoms with E-state index in [0.29, 0.717) is 27.7 Å². The first kappa shape index (κ1) is 20.0. The lowest BCUT2D eigenvalue weighted by Gasteiger charge is -2.18. The van der Waals surface area contributed by atoms with E-state index in [4.69, 9.17) is 9.15 Å². The van der Waals surface area contributed by atoms with Crippen LogP contribution in [0.4, 0.5) is 5.69 Å². The lowest BCUT2D eigenvalue weighted by atomic mass is 9.99. The average molecular weight is 420 g/mol. The predicted octanol–water partition coefficient (Wildman–Crippen LogP) is 5.12. The van der Waals surface area contributed by atoms with Gasteiger partial charge in [-0.1, -0.05) is 35.9 Å². The van der Waals surface area contributed by atoms with E-state index in [1.54, 1.807) is 36.6 Å². The third kappa shape index (κ3) is 3.55. The number of furan rings is 1. The summed E-state index contributed by atoms with van der Waals surface area (Å²) < 4.78 is 10.8. The Labute approximate surface area is 179 Å². The molecule has 0 fully saturated rings. The molecule has 5 nitrogen and oxygen atoms in total. The Morgan fingerprint density at radius 1 is 1.00 bits per heavy atom. The molecule has 1 aromatic heterocycles. The highest BCUT2D eigenvalue weighted by molar-refractivity contribution is 8.03. The van der Waals surface area contributed by atoms with E-state index in [2.05, 4.69) is 0 Å². The van der Waals surface area contributed by atoms with Gasteiger partial charge in [-0.25, -0.2) is 4.90 Å². The number of imide groups is 1. The molecule has 30 heavy (non-hydrogen) atoms. The van der Waals surface area contributed by atoms with E-state index in [9.17, 15) is 9.59 Å². The highest BCUT2D eigenvalue weighted by Crippen LogP contribution is 2.42. The number of ether oxygens (including phenoxy) is 1. The van der Waals surface area contributed by atoms with Crippen LogP contribution in [-0.2, 0) is 15.3 Å². The Kier molecular flexibility index (Phi) is 5.50. The van der Waals surface area contributed by atoms with Crippen molar-refractivity contribution in [2.45, 2.75) is 19.6 Å². The van der Waals surface area contributed by atoms with E-state index in [0.717, 1.165) is 22.5 Å². The summed E-state index contributed by atoms with van der Waals surface area (Å²) in [7, 11) is 1.52. The topological polar surface area (TPSA) is 59.8 Å². The van der Waals surface area contributed by atoms with Gasteiger partial charge in [0.1, 0.15) is 11.5 Å². The van der Waals surface area contributed by atoms with Crippen LogP contribution < -0.4 is 9.64 Å². The Balaban J connectivity index is 1.81. The van der Waals surface area contributed by atoms with Crippen LogP contribution in [0.5, 0.6) is 5.75 Å². The minimum Gasteiger partial charge on any atom is -0.495 e. The molecule has 0 saturated heterocycles. The lowest BCUT2D eigenvalue weighted by molar-refractivity contribution is -0.119. The van der Waals surface area contributed by atoms with Gasteiger partial charge in [-0.15, -0.1) is 11.8 Å². The van der Waals surface area contributed by atoms with Gasteiger partial charge in [0, 0.05) is 0 Å². The predicted molar refractivity (Wildman–Crippen MR) is 118 cm³/mol. The number of aryl methyl sites for hydroxylation is 2. The fraction of sp³-hybridized carbons (Fsp3) is 0.167. The van der Waals surface area contributed by atoms with Crippen molar-refractivity contribution in [3.63, 3.8) is 0 Å². The number of carbonyl (C=O) groups excluding carboxylic acids is 2. The van der Waals surface area contributed by atoms with Crippen molar-refractivity contribution in [3.05, 3.63) is 88.2 Å². The molecule has 152 valence electrons. The Bertz CT molecular complexity index is 1150. The van der Waals surface area contributed by atoms with Gasteiger partial charge in [-0.3, -0.25) is 9.59 Å². The van der Waals surface area contributed by atoms with Gasteiger partial charge in [-0.2, -0.15) is 0 Å². The number of thioether (sulfide) groups is 1. The van der Waals surface area contributed by atoms with E-state index in [1.165, 1.54) is 23.8 Å². The molecule has 2 heterocycles. The van der Waals surface area contributed by atoms with Crippen LogP contribution in [0.2, 0.25) is 0 Å². The highest BCUT2D eigenvalue weighted by atomic mass is 32.2. The maximum absolute atomic E-state index is 13.5. The Hall–Kier alpha value is -3.25. The molecule has 4 rings (SSSR count). The summed E-state index contributed by atoms with van der Waals surface area (Å²) in [5.74, 6) is 0.963. The first-order valence-electron chi connectivity index (χ1n) is 9.50. The minimum absolute atomic E-state index is 0.349. The molecule has 0 aliphatic carbocycles. The van der Waals surface area contributed by atoms with Crippen molar-refractivity contribution in [2.75, 3.05) is 12.0 Å². The number of methoxy groups -OCH3 is 1. The molecular weight excluding hydrogens is 398 g/mol. The monoisotopic (exact) mass is 419 g/mol. The first-order chi connectivity index (χ1) is 14.5. The number of hydrogen-bond acceptors (Lipinski definition) is 5.